The highest BCUT2D eigenvalue weighted by Crippen LogP contribution is 2.35. The standard InChI is InChI=1S/C18H28BrFN2O2S/c1-6-8-14(16-15(20)13(19)12-25-16)22(10-7-2)11-9-21-17(23)24-18(3,4)5/h6,12,14H,1,7-11H2,2-5H3,(H,21,23). The first-order valence-electron chi connectivity index (χ1n) is 8.43. The summed E-state index contributed by atoms with van der Waals surface area (Å²) in [6.07, 6.45) is 2.96. The second-order valence-electron chi connectivity index (χ2n) is 6.77. The minimum atomic E-state index is -0.523. The van der Waals surface area contributed by atoms with E-state index in [1.165, 1.54) is 11.3 Å². The largest absolute Gasteiger partial charge is 0.444 e. The molecule has 1 N–H and O–H groups in total. The summed E-state index contributed by atoms with van der Waals surface area (Å²) in [4.78, 5) is 14.7. The lowest BCUT2D eigenvalue weighted by molar-refractivity contribution is 0.0518. The summed E-state index contributed by atoms with van der Waals surface area (Å²) in [5, 5.41) is 4.54. The van der Waals surface area contributed by atoms with Crippen LogP contribution in [0.15, 0.2) is 22.5 Å². The fraction of sp³-hybridized carbons (Fsp3) is 0.611. The first-order valence-corrected chi connectivity index (χ1v) is 10.1. The Bertz CT molecular complexity index is 572. The van der Waals surface area contributed by atoms with Gasteiger partial charge in [0.1, 0.15) is 5.60 Å². The van der Waals surface area contributed by atoms with Crippen LogP contribution in [0.1, 0.15) is 51.5 Å². The maximum absolute atomic E-state index is 14.4. The van der Waals surface area contributed by atoms with E-state index < -0.39 is 11.7 Å². The number of carbonyl (C=O) groups excluding carboxylic acids is 1. The molecule has 0 radical (unpaired) electrons. The van der Waals surface area contributed by atoms with Gasteiger partial charge in [-0.05, 0) is 56.1 Å². The summed E-state index contributed by atoms with van der Waals surface area (Å²) in [6.45, 7) is 13.2. The number of halogens is 2. The molecule has 1 atom stereocenters. The summed E-state index contributed by atoms with van der Waals surface area (Å²) in [5.74, 6) is -0.210. The van der Waals surface area contributed by atoms with Crippen molar-refractivity contribution in [2.45, 2.75) is 52.2 Å². The highest BCUT2D eigenvalue weighted by atomic mass is 79.9. The van der Waals surface area contributed by atoms with E-state index in [-0.39, 0.29) is 11.9 Å². The number of thiophene rings is 1. The van der Waals surface area contributed by atoms with Crippen molar-refractivity contribution in [3.05, 3.63) is 33.2 Å². The molecule has 1 heterocycles. The van der Waals surface area contributed by atoms with Gasteiger partial charge in [-0.15, -0.1) is 17.9 Å². The normalized spacial score (nSPS) is 12.9. The Morgan fingerprint density at radius 2 is 2.20 bits per heavy atom. The molecule has 4 nitrogen and oxygen atoms in total. The fourth-order valence-corrected chi connectivity index (χ4v) is 4.04. The summed E-state index contributed by atoms with van der Waals surface area (Å²) in [6, 6.07) is -0.0887. The number of rotatable bonds is 9. The van der Waals surface area contributed by atoms with Gasteiger partial charge in [0.15, 0.2) is 5.82 Å². The van der Waals surface area contributed by atoms with E-state index in [2.05, 4.69) is 39.6 Å². The number of hydrogen-bond donors (Lipinski definition) is 1. The van der Waals surface area contributed by atoms with Crippen molar-refractivity contribution in [1.29, 1.82) is 0 Å². The smallest absolute Gasteiger partial charge is 0.407 e. The van der Waals surface area contributed by atoms with E-state index in [1.54, 1.807) is 5.38 Å². The molecular formula is C18H28BrFN2O2S. The predicted molar refractivity (Wildman–Crippen MR) is 106 cm³/mol. The van der Waals surface area contributed by atoms with Gasteiger partial charge >= 0.3 is 6.09 Å². The van der Waals surface area contributed by atoms with Crippen LogP contribution < -0.4 is 5.32 Å². The molecule has 0 saturated carbocycles. The van der Waals surface area contributed by atoms with Crippen LogP contribution in [0.4, 0.5) is 9.18 Å². The zero-order valence-corrected chi connectivity index (χ0v) is 17.8. The molecule has 0 aliphatic carbocycles. The van der Waals surface area contributed by atoms with Gasteiger partial charge in [-0.2, -0.15) is 0 Å². The van der Waals surface area contributed by atoms with Crippen molar-refractivity contribution in [1.82, 2.24) is 10.2 Å². The minimum absolute atomic E-state index is 0.0887. The SMILES string of the molecule is C=CCC(c1scc(Br)c1F)N(CCC)CCNC(=O)OC(C)(C)C. The first-order chi connectivity index (χ1) is 11.7. The van der Waals surface area contributed by atoms with Crippen LogP contribution in [0.3, 0.4) is 0 Å². The summed E-state index contributed by atoms with van der Waals surface area (Å²) in [5.41, 5.74) is -0.523. The Balaban J connectivity index is 2.76. The molecule has 142 valence electrons. The number of nitrogens with one attached hydrogen (secondary N) is 1. The lowest BCUT2D eigenvalue weighted by atomic mass is 10.1. The molecule has 1 rings (SSSR count). The molecule has 1 unspecified atom stereocenters. The van der Waals surface area contributed by atoms with Crippen LogP contribution in [0.25, 0.3) is 0 Å². The van der Waals surface area contributed by atoms with Gasteiger partial charge in [0.25, 0.3) is 0 Å². The second-order valence-corrected chi connectivity index (χ2v) is 8.53. The molecule has 0 aliphatic heterocycles. The lowest BCUT2D eigenvalue weighted by Gasteiger charge is -2.30. The van der Waals surface area contributed by atoms with Gasteiger partial charge in [0.2, 0.25) is 0 Å². The van der Waals surface area contributed by atoms with Crippen molar-refractivity contribution >= 4 is 33.4 Å². The molecule has 7 heteroatoms. The number of nitrogens with zero attached hydrogens (tertiary/aromatic N) is 1. The molecule has 0 bridgehead atoms. The van der Waals surface area contributed by atoms with Gasteiger partial charge in [-0.3, -0.25) is 4.90 Å². The Labute approximate surface area is 162 Å². The summed E-state index contributed by atoms with van der Waals surface area (Å²) >= 11 is 4.64. The zero-order chi connectivity index (χ0) is 19.0. The topological polar surface area (TPSA) is 41.6 Å². The number of alkyl carbamates (subject to hydrolysis) is 1. The summed E-state index contributed by atoms with van der Waals surface area (Å²) in [7, 11) is 0. The maximum Gasteiger partial charge on any atom is 0.407 e. The van der Waals surface area contributed by atoms with Crippen molar-refractivity contribution in [2.24, 2.45) is 0 Å². The van der Waals surface area contributed by atoms with Crippen LogP contribution in [-0.2, 0) is 4.74 Å². The average Bonchev–Trinajstić information content (AvgIpc) is 2.82. The quantitative estimate of drug-likeness (QED) is 0.521. The van der Waals surface area contributed by atoms with Gasteiger partial charge in [-0.1, -0.05) is 13.0 Å². The van der Waals surface area contributed by atoms with Gasteiger partial charge in [0, 0.05) is 18.5 Å². The Hall–Kier alpha value is -0.920. The molecule has 0 fully saturated rings. The Kier molecular flexibility index (Phi) is 9.10. The van der Waals surface area contributed by atoms with E-state index in [9.17, 15) is 9.18 Å². The molecule has 0 spiro atoms. The van der Waals surface area contributed by atoms with Crippen molar-refractivity contribution < 1.29 is 13.9 Å². The van der Waals surface area contributed by atoms with Crippen LogP contribution >= 0.6 is 27.3 Å². The van der Waals surface area contributed by atoms with Crippen molar-refractivity contribution in [3.63, 3.8) is 0 Å². The number of ether oxygens (including phenoxy) is 1. The lowest BCUT2D eigenvalue weighted by Crippen LogP contribution is -2.39. The van der Waals surface area contributed by atoms with E-state index in [0.29, 0.717) is 28.9 Å². The maximum atomic E-state index is 14.4. The molecule has 0 aliphatic rings. The zero-order valence-electron chi connectivity index (χ0n) is 15.4. The monoisotopic (exact) mass is 434 g/mol. The van der Waals surface area contributed by atoms with Crippen LogP contribution in [0.2, 0.25) is 0 Å². The summed E-state index contributed by atoms with van der Waals surface area (Å²) < 4.78 is 20.1. The molecular weight excluding hydrogens is 407 g/mol. The van der Waals surface area contributed by atoms with Gasteiger partial charge in [-0.25, -0.2) is 9.18 Å². The average molecular weight is 435 g/mol. The molecule has 0 saturated heterocycles. The van der Waals surface area contributed by atoms with E-state index >= 15 is 0 Å². The highest BCUT2D eigenvalue weighted by molar-refractivity contribution is 9.10. The highest BCUT2D eigenvalue weighted by Gasteiger charge is 2.25. The van der Waals surface area contributed by atoms with E-state index in [4.69, 9.17) is 4.74 Å². The van der Waals surface area contributed by atoms with E-state index in [0.717, 1.165) is 13.0 Å². The molecule has 1 amide bonds. The molecule has 0 aromatic carbocycles. The third-order valence-electron chi connectivity index (χ3n) is 3.43. The molecule has 1 aromatic rings. The van der Waals surface area contributed by atoms with E-state index in [1.807, 2.05) is 26.8 Å². The predicted octanol–water partition coefficient (Wildman–Crippen LogP) is 5.50. The van der Waals surface area contributed by atoms with Crippen molar-refractivity contribution in [3.8, 4) is 0 Å². The molecule has 1 aromatic heterocycles. The van der Waals surface area contributed by atoms with Crippen LogP contribution in [-0.4, -0.2) is 36.2 Å². The van der Waals surface area contributed by atoms with Gasteiger partial charge < -0.3 is 10.1 Å². The first kappa shape index (κ1) is 22.1. The third-order valence-corrected chi connectivity index (χ3v) is 5.37. The third kappa shape index (κ3) is 7.46. The second kappa shape index (κ2) is 10.3. The number of amides is 1. The molecule has 25 heavy (non-hydrogen) atoms. The minimum Gasteiger partial charge on any atom is -0.444 e. The number of hydrogen-bond acceptors (Lipinski definition) is 4. The van der Waals surface area contributed by atoms with Crippen LogP contribution in [0, 0.1) is 5.82 Å². The Morgan fingerprint density at radius 3 is 2.68 bits per heavy atom. The fourth-order valence-electron chi connectivity index (χ4n) is 2.47. The van der Waals surface area contributed by atoms with Crippen LogP contribution in [0.5, 0.6) is 0 Å². The van der Waals surface area contributed by atoms with Gasteiger partial charge in [0.05, 0.1) is 15.4 Å². The number of carbonyl (C=O) groups is 1. The van der Waals surface area contributed by atoms with Crippen molar-refractivity contribution in [2.75, 3.05) is 19.6 Å². The Morgan fingerprint density at radius 1 is 1.52 bits per heavy atom.